The van der Waals surface area contributed by atoms with Crippen molar-refractivity contribution in [3.63, 3.8) is 0 Å². The fraction of sp³-hybridized carbons (Fsp3) is 0.556. The van der Waals surface area contributed by atoms with E-state index in [-0.39, 0.29) is 5.56 Å². The van der Waals surface area contributed by atoms with Gasteiger partial charge in [0.15, 0.2) is 0 Å². The molecule has 1 heterocycles. The van der Waals surface area contributed by atoms with Gasteiger partial charge in [-0.1, -0.05) is 0 Å². The zero-order valence-corrected chi connectivity index (χ0v) is 10.0. The van der Waals surface area contributed by atoms with Crippen molar-refractivity contribution in [2.45, 2.75) is 26.4 Å². The van der Waals surface area contributed by atoms with E-state index in [1.807, 2.05) is 20.8 Å². The lowest BCUT2D eigenvalue weighted by Crippen LogP contribution is -2.27. The summed E-state index contributed by atoms with van der Waals surface area (Å²) >= 11 is 3.09. The number of halogens is 1. The highest BCUT2D eigenvalue weighted by Crippen LogP contribution is 2.19. The van der Waals surface area contributed by atoms with Crippen LogP contribution in [0.25, 0.3) is 0 Å². The number of hydrogen-bond acceptors (Lipinski definition) is 3. The average molecular weight is 261 g/mol. The van der Waals surface area contributed by atoms with Crippen LogP contribution in [0.4, 0.5) is 0 Å². The Morgan fingerprint density at radius 2 is 2.29 bits per heavy atom. The number of aromatic nitrogens is 2. The number of rotatable bonds is 3. The fourth-order valence-corrected chi connectivity index (χ4v) is 1.32. The first-order chi connectivity index (χ1) is 6.47. The van der Waals surface area contributed by atoms with Crippen molar-refractivity contribution in [2.24, 2.45) is 0 Å². The number of nitrogens with zero attached hydrogens (tertiary/aromatic N) is 1. The van der Waals surface area contributed by atoms with E-state index in [0.29, 0.717) is 16.9 Å². The molecule has 0 aliphatic heterocycles. The van der Waals surface area contributed by atoms with Crippen molar-refractivity contribution >= 4 is 15.9 Å². The minimum Gasteiger partial charge on any atom is -0.368 e. The summed E-state index contributed by atoms with van der Waals surface area (Å²) in [7, 11) is 0. The molecule has 0 unspecified atom stereocenters. The summed E-state index contributed by atoms with van der Waals surface area (Å²) in [6.45, 7) is 6.21. The summed E-state index contributed by atoms with van der Waals surface area (Å²) in [4.78, 5) is 18.1. The minimum atomic E-state index is -0.561. The molecule has 0 saturated heterocycles. The Morgan fingerprint density at radius 1 is 1.64 bits per heavy atom. The van der Waals surface area contributed by atoms with Crippen molar-refractivity contribution in [1.29, 1.82) is 0 Å². The molecule has 14 heavy (non-hydrogen) atoms. The number of ether oxygens (including phenoxy) is 1. The Balaban J connectivity index is 3.07. The molecule has 0 aliphatic rings. The van der Waals surface area contributed by atoms with Gasteiger partial charge in [-0.05, 0) is 36.7 Å². The van der Waals surface area contributed by atoms with Gasteiger partial charge in [0, 0.05) is 12.8 Å². The highest BCUT2D eigenvalue weighted by molar-refractivity contribution is 9.10. The van der Waals surface area contributed by atoms with Crippen molar-refractivity contribution in [3.8, 4) is 0 Å². The average Bonchev–Trinajstić information content (AvgIpc) is 2.09. The Kier molecular flexibility index (Phi) is 3.44. The Bertz CT molecular complexity index is 373. The molecule has 0 bridgehead atoms. The van der Waals surface area contributed by atoms with Gasteiger partial charge < -0.3 is 9.72 Å². The molecular formula is C9H13BrN2O2. The molecule has 1 rings (SSSR count). The second-order valence-electron chi connectivity index (χ2n) is 3.35. The summed E-state index contributed by atoms with van der Waals surface area (Å²) in [5.74, 6) is 0.535. The lowest BCUT2D eigenvalue weighted by molar-refractivity contribution is -0.0210. The van der Waals surface area contributed by atoms with Crippen LogP contribution in [-0.4, -0.2) is 16.6 Å². The second kappa shape index (κ2) is 4.23. The second-order valence-corrected chi connectivity index (χ2v) is 4.21. The van der Waals surface area contributed by atoms with Crippen molar-refractivity contribution < 1.29 is 4.74 Å². The van der Waals surface area contributed by atoms with E-state index in [9.17, 15) is 4.79 Å². The monoisotopic (exact) mass is 260 g/mol. The molecule has 0 radical (unpaired) electrons. The maximum atomic E-state index is 11.3. The Hall–Kier alpha value is -0.680. The van der Waals surface area contributed by atoms with Crippen LogP contribution in [0.2, 0.25) is 0 Å². The molecule has 1 aromatic rings. The normalized spacial score (nSPS) is 11.7. The van der Waals surface area contributed by atoms with E-state index in [1.165, 1.54) is 6.20 Å². The Labute approximate surface area is 90.8 Å². The first kappa shape index (κ1) is 11.4. The van der Waals surface area contributed by atoms with Gasteiger partial charge >= 0.3 is 0 Å². The summed E-state index contributed by atoms with van der Waals surface area (Å²) in [5.41, 5.74) is -0.753. The predicted octanol–water partition coefficient (Wildman–Crippen LogP) is 1.80. The van der Waals surface area contributed by atoms with Crippen LogP contribution in [0.1, 0.15) is 26.6 Å². The smallest absolute Gasteiger partial charge is 0.265 e. The largest absolute Gasteiger partial charge is 0.368 e. The minimum absolute atomic E-state index is 0.192. The lowest BCUT2D eigenvalue weighted by Gasteiger charge is -2.23. The molecule has 0 spiro atoms. The number of hydrogen-bond donors (Lipinski definition) is 1. The van der Waals surface area contributed by atoms with Crippen LogP contribution in [0.3, 0.4) is 0 Å². The molecule has 4 nitrogen and oxygen atoms in total. The number of aromatic amines is 1. The number of nitrogens with one attached hydrogen (secondary N) is 1. The van der Waals surface area contributed by atoms with E-state index in [4.69, 9.17) is 4.74 Å². The van der Waals surface area contributed by atoms with Crippen molar-refractivity contribution in [1.82, 2.24) is 9.97 Å². The van der Waals surface area contributed by atoms with Crippen LogP contribution in [0.5, 0.6) is 0 Å². The van der Waals surface area contributed by atoms with Gasteiger partial charge in [-0.15, -0.1) is 0 Å². The summed E-state index contributed by atoms with van der Waals surface area (Å²) in [6, 6.07) is 0. The summed E-state index contributed by atoms with van der Waals surface area (Å²) in [6.07, 6.45) is 1.48. The molecule has 1 N–H and O–H groups in total. The Morgan fingerprint density at radius 3 is 2.79 bits per heavy atom. The topological polar surface area (TPSA) is 55.0 Å². The molecule has 1 aromatic heterocycles. The fourth-order valence-electron chi connectivity index (χ4n) is 1.11. The molecule has 0 aromatic carbocycles. The maximum absolute atomic E-state index is 11.3. The van der Waals surface area contributed by atoms with Crippen LogP contribution < -0.4 is 5.56 Å². The molecule has 0 aliphatic carbocycles. The summed E-state index contributed by atoms with van der Waals surface area (Å²) < 4.78 is 5.89. The van der Waals surface area contributed by atoms with Crippen LogP contribution in [0, 0.1) is 0 Å². The third-order valence-corrected chi connectivity index (χ3v) is 2.40. The lowest BCUT2D eigenvalue weighted by atomic mass is 10.1. The quantitative estimate of drug-likeness (QED) is 0.902. The standard InChI is InChI=1S/C9H13BrN2O2/c1-4-14-9(2,3)8-11-5-6(10)7(13)12-8/h5H,4H2,1-3H3,(H,11,12,13). The molecule has 0 amide bonds. The highest BCUT2D eigenvalue weighted by atomic mass is 79.9. The zero-order valence-electron chi connectivity index (χ0n) is 8.43. The third kappa shape index (κ3) is 2.42. The van der Waals surface area contributed by atoms with E-state index >= 15 is 0 Å². The molecule has 0 fully saturated rings. The molecule has 0 saturated carbocycles. The highest BCUT2D eigenvalue weighted by Gasteiger charge is 2.23. The summed E-state index contributed by atoms with van der Waals surface area (Å²) in [5, 5.41) is 0. The third-order valence-electron chi connectivity index (χ3n) is 1.83. The number of H-pyrrole nitrogens is 1. The van der Waals surface area contributed by atoms with Gasteiger partial charge in [0.25, 0.3) is 5.56 Å². The molecular weight excluding hydrogens is 248 g/mol. The SMILES string of the molecule is CCOC(C)(C)c1ncc(Br)c(=O)[nH]1. The van der Waals surface area contributed by atoms with Gasteiger partial charge in [0.2, 0.25) is 0 Å². The van der Waals surface area contributed by atoms with E-state index in [0.717, 1.165) is 0 Å². The molecule has 5 heteroatoms. The van der Waals surface area contributed by atoms with Gasteiger partial charge in [-0.3, -0.25) is 4.79 Å². The van der Waals surface area contributed by atoms with Gasteiger partial charge in [0.05, 0.1) is 0 Å². The van der Waals surface area contributed by atoms with E-state index in [1.54, 1.807) is 0 Å². The van der Waals surface area contributed by atoms with Gasteiger partial charge in [-0.25, -0.2) is 4.98 Å². The predicted molar refractivity (Wildman–Crippen MR) is 57.2 cm³/mol. The van der Waals surface area contributed by atoms with Gasteiger partial charge in [-0.2, -0.15) is 0 Å². The molecule has 0 atom stereocenters. The van der Waals surface area contributed by atoms with E-state index in [2.05, 4.69) is 25.9 Å². The van der Waals surface area contributed by atoms with E-state index < -0.39 is 5.60 Å². The first-order valence-corrected chi connectivity index (χ1v) is 5.16. The van der Waals surface area contributed by atoms with Crippen LogP contribution in [0.15, 0.2) is 15.5 Å². The maximum Gasteiger partial charge on any atom is 0.265 e. The zero-order chi connectivity index (χ0) is 10.8. The molecule has 78 valence electrons. The van der Waals surface area contributed by atoms with Crippen LogP contribution in [-0.2, 0) is 10.3 Å². The van der Waals surface area contributed by atoms with Crippen molar-refractivity contribution in [3.05, 3.63) is 26.8 Å². The van der Waals surface area contributed by atoms with Crippen LogP contribution >= 0.6 is 15.9 Å². The van der Waals surface area contributed by atoms with Gasteiger partial charge in [0.1, 0.15) is 15.9 Å². The van der Waals surface area contributed by atoms with Crippen molar-refractivity contribution in [2.75, 3.05) is 6.61 Å². The first-order valence-electron chi connectivity index (χ1n) is 4.36.